The lowest BCUT2D eigenvalue weighted by atomic mass is 10.0. The van der Waals surface area contributed by atoms with Gasteiger partial charge in [0.25, 0.3) is 0 Å². The number of aliphatic hydroxyl groups is 1. The van der Waals surface area contributed by atoms with E-state index in [9.17, 15) is 5.11 Å². The van der Waals surface area contributed by atoms with E-state index >= 15 is 0 Å². The minimum absolute atomic E-state index is 0.0914. The average Bonchev–Trinajstić information content (AvgIpc) is 2.69. The van der Waals surface area contributed by atoms with E-state index in [0.717, 1.165) is 11.3 Å². The first-order valence-corrected chi connectivity index (χ1v) is 7.08. The summed E-state index contributed by atoms with van der Waals surface area (Å²) < 4.78 is 22.4. The number of benzene rings is 1. The maximum absolute atomic E-state index is 9.43. The first-order chi connectivity index (χ1) is 9.88. The van der Waals surface area contributed by atoms with Crippen molar-refractivity contribution in [2.75, 3.05) is 20.3 Å². The fourth-order valence-electron chi connectivity index (χ4n) is 2.56. The quantitative estimate of drug-likeness (QED) is 0.871. The van der Waals surface area contributed by atoms with Crippen molar-refractivity contribution in [3.05, 3.63) is 29.8 Å². The second-order valence-electron chi connectivity index (χ2n) is 5.94. The number of hydrogen-bond donors (Lipinski definition) is 1. The van der Waals surface area contributed by atoms with Gasteiger partial charge in [0.05, 0.1) is 26.9 Å². The molecule has 1 heterocycles. The summed E-state index contributed by atoms with van der Waals surface area (Å²) in [6.07, 6.45) is -0.386. The van der Waals surface area contributed by atoms with Gasteiger partial charge in [-0.25, -0.2) is 0 Å². The van der Waals surface area contributed by atoms with E-state index in [0.29, 0.717) is 13.2 Å². The highest BCUT2D eigenvalue weighted by molar-refractivity contribution is 5.26. The van der Waals surface area contributed by atoms with Crippen LogP contribution >= 0.6 is 0 Å². The lowest BCUT2D eigenvalue weighted by Gasteiger charge is -2.27. The second kappa shape index (κ2) is 6.32. The normalized spacial score (nSPS) is 27.8. The van der Waals surface area contributed by atoms with Crippen LogP contribution in [0.5, 0.6) is 5.75 Å². The molecule has 0 bridgehead atoms. The van der Waals surface area contributed by atoms with Crippen LogP contribution in [0.1, 0.15) is 26.3 Å². The molecule has 0 amide bonds. The smallest absolute Gasteiger partial charge is 0.164 e. The third-order valence-corrected chi connectivity index (χ3v) is 3.57. The number of rotatable bonds is 6. The van der Waals surface area contributed by atoms with Gasteiger partial charge in [0.15, 0.2) is 5.79 Å². The zero-order valence-corrected chi connectivity index (χ0v) is 13.1. The SMILES string of the molecule is COc1ccc(COC[C@]2(C)OC(C)(C)O[C@@H]2CO)cc1. The Kier molecular flexibility index (Phi) is 4.88. The molecule has 1 aliphatic heterocycles. The van der Waals surface area contributed by atoms with Gasteiger partial charge in [0, 0.05) is 0 Å². The summed E-state index contributed by atoms with van der Waals surface area (Å²) in [6, 6.07) is 7.71. The van der Waals surface area contributed by atoms with Crippen LogP contribution in [0.15, 0.2) is 24.3 Å². The highest BCUT2D eigenvalue weighted by Crippen LogP contribution is 2.36. The molecular weight excluding hydrogens is 272 g/mol. The molecule has 5 heteroatoms. The predicted molar refractivity (Wildman–Crippen MR) is 78.2 cm³/mol. The molecular formula is C16H24O5. The maximum atomic E-state index is 9.43. The Morgan fingerprint density at radius 1 is 1.19 bits per heavy atom. The van der Waals surface area contributed by atoms with E-state index in [1.807, 2.05) is 45.0 Å². The Labute approximate surface area is 125 Å². The minimum Gasteiger partial charge on any atom is -0.497 e. The zero-order valence-electron chi connectivity index (χ0n) is 13.1. The average molecular weight is 296 g/mol. The third-order valence-electron chi connectivity index (χ3n) is 3.57. The Bertz CT molecular complexity index is 456. The molecule has 0 aromatic heterocycles. The highest BCUT2D eigenvalue weighted by atomic mass is 16.8. The van der Waals surface area contributed by atoms with Gasteiger partial charge < -0.3 is 24.1 Å². The Morgan fingerprint density at radius 3 is 2.43 bits per heavy atom. The summed E-state index contributed by atoms with van der Waals surface area (Å²) in [5.74, 6) is 0.117. The first-order valence-electron chi connectivity index (χ1n) is 7.08. The summed E-state index contributed by atoms with van der Waals surface area (Å²) >= 11 is 0. The first kappa shape index (κ1) is 16.2. The van der Waals surface area contributed by atoms with Crippen LogP contribution < -0.4 is 4.74 Å². The van der Waals surface area contributed by atoms with Crippen molar-refractivity contribution in [1.82, 2.24) is 0 Å². The van der Waals surface area contributed by atoms with Gasteiger partial charge in [-0.3, -0.25) is 0 Å². The third kappa shape index (κ3) is 3.95. The van der Waals surface area contributed by atoms with Crippen LogP contribution in [-0.2, 0) is 20.8 Å². The number of ether oxygens (including phenoxy) is 4. The molecule has 2 atom stereocenters. The summed E-state index contributed by atoms with van der Waals surface area (Å²) in [5.41, 5.74) is 0.406. The molecule has 1 aromatic carbocycles. The predicted octanol–water partition coefficient (Wildman–Crippen LogP) is 2.11. The standard InChI is InChI=1S/C16H24O5/c1-15(2)20-14(9-17)16(3,21-15)11-19-10-12-5-7-13(18-4)8-6-12/h5-8,14,17H,9-11H2,1-4H3/t14-,16+/m1/s1. The van der Waals surface area contributed by atoms with E-state index in [1.54, 1.807) is 7.11 Å². The lowest BCUT2D eigenvalue weighted by Crippen LogP contribution is -2.43. The molecule has 0 radical (unpaired) electrons. The van der Waals surface area contributed by atoms with Crippen molar-refractivity contribution in [2.24, 2.45) is 0 Å². The molecule has 0 saturated carbocycles. The maximum Gasteiger partial charge on any atom is 0.164 e. The molecule has 5 nitrogen and oxygen atoms in total. The van der Waals surface area contributed by atoms with Crippen LogP contribution in [-0.4, -0.2) is 42.9 Å². The molecule has 1 aliphatic rings. The van der Waals surface area contributed by atoms with Crippen molar-refractivity contribution in [3.63, 3.8) is 0 Å². The van der Waals surface area contributed by atoms with E-state index in [-0.39, 0.29) is 12.7 Å². The Morgan fingerprint density at radius 2 is 1.86 bits per heavy atom. The molecule has 1 aromatic rings. The van der Waals surface area contributed by atoms with E-state index < -0.39 is 11.4 Å². The second-order valence-corrected chi connectivity index (χ2v) is 5.94. The van der Waals surface area contributed by atoms with Crippen LogP contribution in [0, 0.1) is 0 Å². The van der Waals surface area contributed by atoms with Crippen LogP contribution in [0.2, 0.25) is 0 Å². The zero-order chi connectivity index (χ0) is 15.5. The molecule has 118 valence electrons. The van der Waals surface area contributed by atoms with Gasteiger partial charge in [-0.05, 0) is 38.5 Å². The molecule has 1 saturated heterocycles. The van der Waals surface area contributed by atoms with Crippen molar-refractivity contribution in [1.29, 1.82) is 0 Å². The van der Waals surface area contributed by atoms with Crippen molar-refractivity contribution < 1.29 is 24.1 Å². The summed E-state index contributed by atoms with van der Waals surface area (Å²) in [4.78, 5) is 0. The van der Waals surface area contributed by atoms with Gasteiger partial charge in [0.1, 0.15) is 17.5 Å². The number of hydrogen-bond acceptors (Lipinski definition) is 5. The van der Waals surface area contributed by atoms with E-state index in [4.69, 9.17) is 18.9 Å². The van der Waals surface area contributed by atoms with Gasteiger partial charge >= 0.3 is 0 Å². The van der Waals surface area contributed by atoms with Gasteiger partial charge in [-0.15, -0.1) is 0 Å². The number of methoxy groups -OCH3 is 1. The van der Waals surface area contributed by atoms with Crippen LogP contribution in [0.3, 0.4) is 0 Å². The molecule has 0 aliphatic carbocycles. The molecule has 1 fully saturated rings. The molecule has 0 spiro atoms. The fourth-order valence-corrected chi connectivity index (χ4v) is 2.56. The largest absolute Gasteiger partial charge is 0.497 e. The van der Waals surface area contributed by atoms with E-state index in [1.165, 1.54) is 0 Å². The Hall–Kier alpha value is -1.14. The van der Waals surface area contributed by atoms with Crippen LogP contribution in [0.25, 0.3) is 0 Å². The highest BCUT2D eigenvalue weighted by Gasteiger charge is 2.50. The van der Waals surface area contributed by atoms with Gasteiger partial charge in [-0.2, -0.15) is 0 Å². The molecule has 0 unspecified atom stereocenters. The topological polar surface area (TPSA) is 57.2 Å². The van der Waals surface area contributed by atoms with Crippen molar-refractivity contribution in [3.8, 4) is 5.75 Å². The molecule has 2 rings (SSSR count). The summed E-state index contributed by atoms with van der Waals surface area (Å²) in [6.45, 7) is 6.31. The summed E-state index contributed by atoms with van der Waals surface area (Å²) in [7, 11) is 1.64. The molecule has 21 heavy (non-hydrogen) atoms. The summed E-state index contributed by atoms with van der Waals surface area (Å²) in [5, 5.41) is 9.43. The van der Waals surface area contributed by atoms with Gasteiger partial charge in [0.2, 0.25) is 0 Å². The monoisotopic (exact) mass is 296 g/mol. The number of aliphatic hydroxyl groups excluding tert-OH is 1. The minimum atomic E-state index is -0.703. The van der Waals surface area contributed by atoms with E-state index in [2.05, 4.69) is 0 Å². The fraction of sp³-hybridized carbons (Fsp3) is 0.625. The molecule has 1 N–H and O–H groups in total. The lowest BCUT2D eigenvalue weighted by molar-refractivity contribution is -0.171. The van der Waals surface area contributed by atoms with Crippen LogP contribution in [0.4, 0.5) is 0 Å². The Balaban J connectivity index is 1.89. The van der Waals surface area contributed by atoms with Crippen molar-refractivity contribution in [2.45, 2.75) is 44.9 Å². The van der Waals surface area contributed by atoms with Crippen molar-refractivity contribution >= 4 is 0 Å². The van der Waals surface area contributed by atoms with Gasteiger partial charge in [-0.1, -0.05) is 12.1 Å².